The monoisotopic (exact) mass is 411 g/mol. The molecule has 2 aromatic heterocycles. The van der Waals surface area contributed by atoms with E-state index in [4.69, 9.17) is 16.7 Å². The number of nitrogens with two attached hydrogens (primary N) is 1. The predicted octanol–water partition coefficient (Wildman–Crippen LogP) is 5.06. The number of hydrogen-bond acceptors (Lipinski definition) is 6. The summed E-state index contributed by atoms with van der Waals surface area (Å²) >= 11 is 7.55. The Morgan fingerprint density at radius 2 is 1.68 bits per heavy atom. The van der Waals surface area contributed by atoms with E-state index in [1.165, 1.54) is 24.1 Å². The van der Waals surface area contributed by atoms with E-state index in [1.807, 2.05) is 36.4 Å². The summed E-state index contributed by atoms with van der Waals surface area (Å²) in [5, 5.41) is 8.96. The van der Waals surface area contributed by atoms with Crippen molar-refractivity contribution in [2.24, 2.45) is 5.14 Å². The molecule has 3 N–H and O–H groups in total. The molecule has 0 aliphatic rings. The molecule has 5 nitrogen and oxygen atoms in total. The molecule has 0 aliphatic heterocycles. The van der Waals surface area contributed by atoms with Crippen molar-refractivity contribution >= 4 is 40.5 Å². The van der Waals surface area contributed by atoms with Crippen molar-refractivity contribution in [1.29, 1.82) is 0 Å². The first kappa shape index (κ1) is 18.6. The summed E-state index contributed by atoms with van der Waals surface area (Å²) in [7, 11) is 0. The maximum absolute atomic E-state index is 13.1. The quantitative estimate of drug-likeness (QED) is 0.353. The molecule has 0 spiro atoms. The largest absolute Gasteiger partial charge is 0.350 e. The van der Waals surface area contributed by atoms with Crippen LogP contribution in [-0.4, -0.2) is 15.0 Å². The average molecular weight is 412 g/mol. The summed E-state index contributed by atoms with van der Waals surface area (Å²) in [5.74, 6) is 0.129. The van der Waals surface area contributed by atoms with Crippen molar-refractivity contribution in [3.63, 3.8) is 0 Å². The molecule has 8 heteroatoms. The van der Waals surface area contributed by atoms with Crippen LogP contribution in [0.15, 0.2) is 65.6 Å². The van der Waals surface area contributed by atoms with Gasteiger partial charge in [0.25, 0.3) is 0 Å². The third-order valence-corrected chi connectivity index (χ3v) is 4.96. The first-order valence-electron chi connectivity index (χ1n) is 8.42. The fourth-order valence-corrected chi connectivity index (χ4v) is 3.22. The van der Waals surface area contributed by atoms with Crippen LogP contribution in [0.4, 0.5) is 10.3 Å². The van der Waals surface area contributed by atoms with Crippen LogP contribution in [0.2, 0.25) is 5.15 Å². The Morgan fingerprint density at radius 3 is 2.39 bits per heavy atom. The smallest absolute Gasteiger partial charge is 0.225 e. The average Bonchev–Trinajstić information content (AvgIpc) is 2.73. The van der Waals surface area contributed by atoms with Gasteiger partial charge in [-0.3, -0.25) is 5.14 Å². The Balaban J connectivity index is 1.57. The van der Waals surface area contributed by atoms with E-state index < -0.39 is 0 Å². The summed E-state index contributed by atoms with van der Waals surface area (Å²) in [4.78, 5) is 14.3. The predicted molar refractivity (Wildman–Crippen MR) is 112 cm³/mol. The molecular weight excluding hydrogens is 397 g/mol. The van der Waals surface area contributed by atoms with Crippen molar-refractivity contribution in [1.82, 2.24) is 15.0 Å². The highest BCUT2D eigenvalue weighted by Crippen LogP contribution is 2.25. The minimum absolute atomic E-state index is 0.256. The second-order valence-electron chi connectivity index (χ2n) is 6.02. The topological polar surface area (TPSA) is 76.7 Å². The lowest BCUT2D eigenvalue weighted by atomic mass is 10.1. The lowest BCUT2D eigenvalue weighted by Gasteiger charge is -2.08. The maximum atomic E-state index is 13.1. The first-order valence-corrected chi connectivity index (χ1v) is 9.68. The number of fused-ring (bicyclic) bond motifs is 1. The highest BCUT2D eigenvalue weighted by atomic mass is 35.5. The Morgan fingerprint density at radius 1 is 0.929 bits per heavy atom. The summed E-state index contributed by atoms with van der Waals surface area (Å²) in [6.45, 7) is 0.554. The first-order chi connectivity index (χ1) is 13.6. The normalized spacial score (nSPS) is 11.0. The number of aromatic nitrogens is 3. The van der Waals surface area contributed by atoms with E-state index >= 15 is 0 Å². The number of rotatable bonds is 5. The molecule has 0 radical (unpaired) electrons. The van der Waals surface area contributed by atoms with Crippen LogP contribution in [0.1, 0.15) is 5.56 Å². The van der Waals surface area contributed by atoms with E-state index in [0.717, 1.165) is 16.0 Å². The molecule has 0 amide bonds. The Labute approximate surface area is 170 Å². The number of nitrogens with zero attached hydrogens (tertiary/aromatic N) is 3. The highest BCUT2D eigenvalue weighted by Gasteiger charge is 2.10. The van der Waals surface area contributed by atoms with Crippen LogP contribution in [0.5, 0.6) is 0 Å². The van der Waals surface area contributed by atoms with Crippen molar-refractivity contribution in [3.05, 3.63) is 77.2 Å². The summed E-state index contributed by atoms with van der Waals surface area (Å²) in [6.07, 6.45) is 0. The molecule has 2 aromatic carbocycles. The minimum Gasteiger partial charge on any atom is -0.350 e. The van der Waals surface area contributed by atoms with E-state index in [9.17, 15) is 4.39 Å². The Kier molecular flexibility index (Phi) is 5.38. The second-order valence-corrected chi connectivity index (χ2v) is 7.09. The third-order valence-electron chi connectivity index (χ3n) is 4.15. The molecular formula is C20H15ClFN5S. The highest BCUT2D eigenvalue weighted by molar-refractivity contribution is 7.97. The number of anilines is 1. The molecule has 28 heavy (non-hydrogen) atoms. The second kappa shape index (κ2) is 8.10. The third kappa shape index (κ3) is 4.06. The van der Waals surface area contributed by atoms with Crippen LogP contribution in [0.25, 0.3) is 22.3 Å². The zero-order chi connectivity index (χ0) is 19.5. The van der Waals surface area contributed by atoms with Crippen molar-refractivity contribution < 1.29 is 4.39 Å². The van der Waals surface area contributed by atoms with Gasteiger partial charge in [-0.15, -0.1) is 0 Å². The molecule has 4 rings (SSSR count). The van der Waals surface area contributed by atoms with Gasteiger partial charge in [0.15, 0.2) is 5.15 Å². The standard InChI is InChI=1S/C20H15ClFN5S/c21-19-18-17(10-9-16(25-18)13-3-5-14(22)6-4-13)26-20(27-19)24-11-12-1-7-15(28-23)8-2-12/h1-10H,11,23H2,(H,24,26,27). The van der Waals surface area contributed by atoms with Crippen molar-refractivity contribution in [2.75, 3.05) is 5.32 Å². The number of halogens is 2. The van der Waals surface area contributed by atoms with Gasteiger partial charge in [-0.1, -0.05) is 23.7 Å². The van der Waals surface area contributed by atoms with Gasteiger partial charge in [-0.2, -0.15) is 4.98 Å². The van der Waals surface area contributed by atoms with Crippen molar-refractivity contribution in [2.45, 2.75) is 11.4 Å². The summed E-state index contributed by atoms with van der Waals surface area (Å²) < 4.78 is 13.1. The van der Waals surface area contributed by atoms with Gasteiger partial charge in [0.1, 0.15) is 11.3 Å². The molecule has 0 saturated carbocycles. The van der Waals surface area contributed by atoms with Gasteiger partial charge < -0.3 is 5.32 Å². The number of pyridine rings is 1. The van der Waals surface area contributed by atoms with Crippen LogP contribution < -0.4 is 10.5 Å². The van der Waals surface area contributed by atoms with Gasteiger partial charge in [-0.25, -0.2) is 14.4 Å². The molecule has 0 saturated heterocycles. The van der Waals surface area contributed by atoms with Gasteiger partial charge in [-0.05, 0) is 66.0 Å². The van der Waals surface area contributed by atoms with E-state index in [-0.39, 0.29) is 11.0 Å². The van der Waals surface area contributed by atoms with E-state index in [0.29, 0.717) is 29.2 Å². The zero-order valence-corrected chi connectivity index (χ0v) is 16.1. The van der Waals surface area contributed by atoms with Crippen LogP contribution in [0.3, 0.4) is 0 Å². The molecule has 0 fully saturated rings. The van der Waals surface area contributed by atoms with Gasteiger partial charge in [0, 0.05) is 17.0 Å². The van der Waals surface area contributed by atoms with Crippen LogP contribution in [-0.2, 0) is 6.54 Å². The molecule has 0 bridgehead atoms. The molecule has 0 atom stereocenters. The lowest BCUT2D eigenvalue weighted by Crippen LogP contribution is -2.04. The fourth-order valence-electron chi connectivity index (χ4n) is 2.71. The molecule has 4 aromatic rings. The molecule has 2 heterocycles. The van der Waals surface area contributed by atoms with E-state index in [2.05, 4.69) is 20.3 Å². The number of hydrogen-bond donors (Lipinski definition) is 2. The lowest BCUT2D eigenvalue weighted by molar-refractivity contribution is 0.628. The van der Waals surface area contributed by atoms with E-state index in [1.54, 1.807) is 12.1 Å². The van der Waals surface area contributed by atoms with Crippen molar-refractivity contribution in [3.8, 4) is 11.3 Å². The van der Waals surface area contributed by atoms with Gasteiger partial charge in [0.2, 0.25) is 5.95 Å². The number of nitrogens with one attached hydrogen (secondary N) is 1. The fraction of sp³-hybridized carbons (Fsp3) is 0.0500. The number of benzene rings is 2. The van der Waals surface area contributed by atoms with Gasteiger partial charge in [0.05, 0.1) is 11.2 Å². The molecule has 0 aliphatic carbocycles. The Hall–Kier alpha value is -2.74. The maximum Gasteiger partial charge on any atom is 0.225 e. The van der Waals surface area contributed by atoms with Gasteiger partial charge >= 0.3 is 0 Å². The Bertz CT molecular complexity index is 1120. The molecule has 0 unspecified atom stereocenters. The minimum atomic E-state index is -0.293. The summed E-state index contributed by atoms with van der Waals surface area (Å²) in [5.41, 5.74) is 3.67. The SMILES string of the molecule is NSc1ccc(CNc2nc(Cl)c3nc(-c4ccc(F)cc4)ccc3n2)cc1. The summed E-state index contributed by atoms with van der Waals surface area (Å²) in [6, 6.07) is 17.7. The zero-order valence-electron chi connectivity index (χ0n) is 14.6. The molecule has 140 valence electrons. The van der Waals surface area contributed by atoms with Crippen LogP contribution in [0, 0.1) is 5.82 Å². The van der Waals surface area contributed by atoms with Crippen LogP contribution >= 0.6 is 23.5 Å².